The first-order valence-electron chi connectivity index (χ1n) is 13.1. The highest BCUT2D eigenvalue weighted by Gasteiger charge is 2.21. The van der Waals surface area contributed by atoms with Crippen molar-refractivity contribution < 1.29 is 19.1 Å². The topological polar surface area (TPSA) is 139 Å². The minimum atomic E-state index is -0.600. The van der Waals surface area contributed by atoms with Gasteiger partial charge in [-0.25, -0.2) is 9.79 Å². The molecule has 4 rings (SSSR count). The van der Waals surface area contributed by atoms with Gasteiger partial charge in [-0.1, -0.05) is 53.8 Å². The first-order chi connectivity index (χ1) is 19.9. The minimum absolute atomic E-state index is 0.0495. The van der Waals surface area contributed by atoms with Gasteiger partial charge >= 0.3 is 6.09 Å². The number of nitrogens with one attached hydrogen (secondary N) is 2. The molecule has 3 aromatic rings. The second-order valence-corrected chi connectivity index (χ2v) is 10.4. The summed E-state index contributed by atoms with van der Waals surface area (Å²) in [6.45, 7) is 3.54. The van der Waals surface area contributed by atoms with E-state index in [0.29, 0.717) is 58.3 Å². The number of carbonyl (C=O) groups is 3. The number of hydrogen-bond donors (Lipinski definition) is 3. The van der Waals surface area contributed by atoms with E-state index in [-0.39, 0.29) is 24.8 Å². The number of pyridine rings is 1. The van der Waals surface area contributed by atoms with E-state index in [1.54, 1.807) is 54.7 Å². The maximum Gasteiger partial charge on any atom is 0.412 e. The van der Waals surface area contributed by atoms with Gasteiger partial charge in [-0.05, 0) is 48.4 Å². The van der Waals surface area contributed by atoms with E-state index in [9.17, 15) is 14.4 Å². The summed E-state index contributed by atoms with van der Waals surface area (Å²) in [5.74, 6) is 0.329. The number of anilines is 1. The number of nitrogens with zero attached hydrogens (tertiary/aromatic N) is 3. The number of aliphatic imine (C=N–C) groups is 1. The summed E-state index contributed by atoms with van der Waals surface area (Å²) in [4.78, 5) is 48.8. The predicted octanol–water partition coefficient (Wildman–Crippen LogP) is 5.07. The highest BCUT2D eigenvalue weighted by atomic mass is 127. The molecule has 0 spiro atoms. The lowest BCUT2D eigenvalue weighted by atomic mass is 10.0. The molecule has 10 nitrogen and oxygen atoms in total. The lowest BCUT2D eigenvalue weighted by Gasteiger charge is -2.22. The largest absolute Gasteiger partial charge is 0.412 e. The molecule has 0 fully saturated rings. The zero-order valence-electron chi connectivity index (χ0n) is 22.6. The number of hydrogen-bond acceptors (Lipinski definition) is 7. The summed E-state index contributed by atoms with van der Waals surface area (Å²) >= 11 is 2.26. The normalized spacial score (nSPS) is 12.2. The van der Waals surface area contributed by atoms with Crippen molar-refractivity contribution in [3.63, 3.8) is 0 Å². The molecular formula is C30H31IN6O4. The maximum absolute atomic E-state index is 13.2. The highest BCUT2D eigenvalue weighted by Crippen LogP contribution is 2.29. The van der Waals surface area contributed by atoms with Crippen molar-refractivity contribution in [1.82, 2.24) is 15.2 Å². The summed E-state index contributed by atoms with van der Waals surface area (Å²) in [6.07, 6.45) is 5.41. The van der Waals surface area contributed by atoms with Gasteiger partial charge in [0.25, 0.3) is 5.91 Å². The number of amides is 3. The fraction of sp³-hybridized carbons (Fsp3) is 0.233. The molecule has 0 saturated heterocycles. The Balaban J connectivity index is 1.43. The molecule has 0 unspecified atom stereocenters. The maximum atomic E-state index is 13.2. The second kappa shape index (κ2) is 14.4. The van der Waals surface area contributed by atoms with Crippen LogP contribution in [0.25, 0.3) is 6.08 Å². The van der Waals surface area contributed by atoms with E-state index in [2.05, 4.69) is 43.2 Å². The lowest BCUT2D eigenvalue weighted by molar-refractivity contribution is -0.126. The van der Waals surface area contributed by atoms with E-state index >= 15 is 0 Å². The van der Waals surface area contributed by atoms with Crippen LogP contribution in [0.15, 0.2) is 77.6 Å². The van der Waals surface area contributed by atoms with Crippen LogP contribution in [0.1, 0.15) is 41.3 Å². The first-order valence-corrected chi connectivity index (χ1v) is 14.7. The number of fused-ring (bicyclic) bond motifs is 1. The summed E-state index contributed by atoms with van der Waals surface area (Å²) in [6, 6.07) is 15.5. The van der Waals surface area contributed by atoms with E-state index in [4.69, 9.17) is 10.5 Å². The van der Waals surface area contributed by atoms with Crippen LogP contribution in [0.2, 0.25) is 0 Å². The Hall–Kier alpha value is -4.26. The molecule has 41 heavy (non-hydrogen) atoms. The third kappa shape index (κ3) is 8.37. The van der Waals surface area contributed by atoms with Gasteiger partial charge in [-0.3, -0.25) is 14.6 Å². The first kappa shape index (κ1) is 29.7. The number of carbonyl (C=O) groups excluding carboxylic acids is 3. The minimum Gasteiger partial charge on any atom is -0.410 e. The van der Waals surface area contributed by atoms with Crippen molar-refractivity contribution >= 4 is 63.8 Å². The molecule has 2 aromatic carbocycles. The van der Waals surface area contributed by atoms with Crippen molar-refractivity contribution in [2.24, 2.45) is 10.7 Å². The molecule has 0 aliphatic carbocycles. The quantitative estimate of drug-likeness (QED) is 0.204. The SMILES string of the molecule is CCCN(CCI)C(=O)C1=Cc2ccc(C(=O)Nc3cncc(CNC(=O)Oc4ccccc4)c3)cc2N=C(N)C1. The van der Waals surface area contributed by atoms with Crippen LogP contribution in [-0.2, 0) is 11.3 Å². The number of halogens is 1. The van der Waals surface area contributed by atoms with E-state index in [1.165, 1.54) is 6.20 Å². The van der Waals surface area contributed by atoms with Crippen LogP contribution in [0.4, 0.5) is 16.2 Å². The highest BCUT2D eigenvalue weighted by molar-refractivity contribution is 14.1. The van der Waals surface area contributed by atoms with Crippen LogP contribution in [0, 0.1) is 0 Å². The molecule has 0 bridgehead atoms. The fourth-order valence-electron chi connectivity index (χ4n) is 4.22. The number of nitrogens with two attached hydrogens (primary N) is 1. The standard InChI is InChI=1S/C30H31IN6O4/c1-2-11-37(12-10-31)29(39)23-14-21-8-9-22(15-26(21)36-27(32)16-23)28(38)35-24-13-20(17-33-19-24)18-34-30(40)41-25-6-4-3-5-7-25/h3-9,13-15,17,19H,2,10-12,16,18H2,1H3,(H2,32,36)(H,34,40)(H,35,38). The van der Waals surface area contributed by atoms with Crippen LogP contribution in [0.5, 0.6) is 5.75 Å². The Morgan fingerprint density at radius 2 is 1.88 bits per heavy atom. The van der Waals surface area contributed by atoms with Gasteiger partial charge in [-0.15, -0.1) is 0 Å². The molecule has 2 heterocycles. The van der Waals surface area contributed by atoms with E-state index < -0.39 is 6.09 Å². The summed E-state index contributed by atoms with van der Waals surface area (Å²) in [7, 11) is 0. The Bertz CT molecular complexity index is 1470. The molecule has 3 amide bonds. The summed E-state index contributed by atoms with van der Waals surface area (Å²) < 4.78 is 6.06. The number of benzene rings is 2. The molecule has 1 aromatic heterocycles. The number of rotatable bonds is 10. The number of aromatic nitrogens is 1. The number of amidine groups is 1. The zero-order valence-corrected chi connectivity index (χ0v) is 24.8. The van der Waals surface area contributed by atoms with Gasteiger partial charge in [0.05, 0.1) is 17.6 Å². The Kier molecular flexibility index (Phi) is 10.4. The predicted molar refractivity (Wildman–Crippen MR) is 168 cm³/mol. The van der Waals surface area contributed by atoms with Gasteiger partial charge in [0.1, 0.15) is 11.6 Å². The third-order valence-corrected chi connectivity index (χ3v) is 6.59. The average Bonchev–Trinajstić information content (AvgIpc) is 3.13. The van der Waals surface area contributed by atoms with E-state index in [0.717, 1.165) is 10.8 Å². The zero-order chi connectivity index (χ0) is 29.2. The Morgan fingerprint density at radius 1 is 1.07 bits per heavy atom. The fourth-order valence-corrected chi connectivity index (χ4v) is 4.80. The number of para-hydroxylation sites is 1. The third-order valence-electron chi connectivity index (χ3n) is 6.11. The molecule has 212 valence electrons. The Morgan fingerprint density at radius 3 is 2.63 bits per heavy atom. The van der Waals surface area contributed by atoms with Crippen LogP contribution in [0.3, 0.4) is 0 Å². The van der Waals surface area contributed by atoms with E-state index in [1.807, 2.05) is 24.0 Å². The second-order valence-electron chi connectivity index (χ2n) is 9.30. The van der Waals surface area contributed by atoms with Gasteiger partial charge < -0.3 is 26.0 Å². The summed E-state index contributed by atoms with van der Waals surface area (Å²) in [5.41, 5.74) is 9.49. The van der Waals surface area contributed by atoms with Crippen molar-refractivity contribution in [1.29, 1.82) is 0 Å². The molecule has 0 saturated carbocycles. The smallest absolute Gasteiger partial charge is 0.410 e. The Labute approximate surface area is 252 Å². The molecule has 11 heteroatoms. The average molecular weight is 667 g/mol. The van der Waals surface area contributed by atoms with Gasteiger partial charge in [0.2, 0.25) is 5.91 Å². The van der Waals surface area contributed by atoms with Gasteiger partial charge in [0, 0.05) is 53.4 Å². The van der Waals surface area contributed by atoms with Crippen molar-refractivity contribution in [2.45, 2.75) is 26.3 Å². The molecule has 1 aliphatic heterocycles. The van der Waals surface area contributed by atoms with Crippen molar-refractivity contribution in [2.75, 3.05) is 22.8 Å². The molecular weight excluding hydrogens is 635 g/mol. The van der Waals surface area contributed by atoms with Crippen LogP contribution in [-0.4, -0.2) is 51.1 Å². The van der Waals surface area contributed by atoms with Crippen molar-refractivity contribution in [3.05, 3.63) is 89.3 Å². The van der Waals surface area contributed by atoms with Gasteiger partial charge in [0.15, 0.2) is 0 Å². The molecule has 0 radical (unpaired) electrons. The summed E-state index contributed by atoms with van der Waals surface area (Å²) in [5, 5.41) is 5.49. The lowest BCUT2D eigenvalue weighted by Crippen LogP contribution is -2.35. The molecule has 1 aliphatic rings. The number of ether oxygens (including phenoxy) is 1. The van der Waals surface area contributed by atoms with Crippen molar-refractivity contribution in [3.8, 4) is 5.75 Å². The van der Waals surface area contributed by atoms with Gasteiger partial charge in [-0.2, -0.15) is 0 Å². The molecule has 4 N–H and O–H groups in total. The monoisotopic (exact) mass is 666 g/mol. The van der Waals surface area contributed by atoms with Crippen LogP contribution >= 0.6 is 22.6 Å². The van der Waals surface area contributed by atoms with Crippen LogP contribution < -0.4 is 21.1 Å². The number of alkyl halides is 1. The molecule has 0 atom stereocenters.